The summed E-state index contributed by atoms with van der Waals surface area (Å²) >= 11 is 0. The van der Waals surface area contributed by atoms with Crippen molar-refractivity contribution in [2.75, 3.05) is 0 Å². The van der Waals surface area contributed by atoms with Crippen molar-refractivity contribution < 1.29 is 19.5 Å². The van der Waals surface area contributed by atoms with Crippen LogP contribution in [0.5, 0.6) is 0 Å². The summed E-state index contributed by atoms with van der Waals surface area (Å²) in [5, 5.41) is 9.43. The van der Waals surface area contributed by atoms with Crippen molar-refractivity contribution in [2.45, 2.75) is 26.3 Å². The highest BCUT2D eigenvalue weighted by atomic mass is 16.4. The molecule has 0 aromatic heterocycles. The number of amides is 2. The van der Waals surface area contributed by atoms with Gasteiger partial charge in [-0.15, -0.1) is 0 Å². The molecule has 0 fully saturated rings. The van der Waals surface area contributed by atoms with Crippen molar-refractivity contribution in [2.24, 2.45) is 5.92 Å². The van der Waals surface area contributed by atoms with E-state index in [1.807, 2.05) is 0 Å². The number of carbonyl (C=O) groups excluding carboxylic acids is 2. The third-order valence-electron chi connectivity index (χ3n) is 3.82. The van der Waals surface area contributed by atoms with Gasteiger partial charge in [-0.3, -0.25) is 14.5 Å². The van der Waals surface area contributed by atoms with E-state index in [1.165, 1.54) is 19.1 Å². The van der Waals surface area contributed by atoms with E-state index in [0.717, 1.165) is 4.90 Å². The number of carboxylic acids is 1. The van der Waals surface area contributed by atoms with Gasteiger partial charge in [-0.05, 0) is 25.0 Å². The molecule has 0 aliphatic carbocycles. The minimum atomic E-state index is -1.55. The lowest BCUT2D eigenvalue weighted by atomic mass is 9.86. The molecular formula is C14H15NO4. The Balaban J connectivity index is 2.58. The zero-order valence-electron chi connectivity index (χ0n) is 11.0. The fourth-order valence-corrected chi connectivity index (χ4v) is 2.21. The Kier molecular flexibility index (Phi) is 2.92. The zero-order valence-corrected chi connectivity index (χ0v) is 11.0. The van der Waals surface area contributed by atoms with Crippen LogP contribution in [-0.4, -0.2) is 33.3 Å². The lowest BCUT2D eigenvalue weighted by molar-refractivity contribution is -0.150. The summed E-state index contributed by atoms with van der Waals surface area (Å²) in [6, 6.07) is 6.39. The van der Waals surface area contributed by atoms with Crippen LogP contribution in [-0.2, 0) is 4.79 Å². The summed E-state index contributed by atoms with van der Waals surface area (Å²) in [6.45, 7) is 4.76. The maximum absolute atomic E-state index is 12.3. The summed E-state index contributed by atoms with van der Waals surface area (Å²) in [5.41, 5.74) is -1.02. The fraction of sp³-hybridized carbons (Fsp3) is 0.357. The number of rotatable bonds is 3. The normalized spacial score (nSPS) is 17.6. The molecule has 100 valence electrons. The zero-order chi connectivity index (χ0) is 14.4. The molecule has 5 heteroatoms. The van der Waals surface area contributed by atoms with E-state index >= 15 is 0 Å². The highest BCUT2D eigenvalue weighted by molar-refractivity contribution is 6.23. The number of carbonyl (C=O) groups is 3. The molecule has 1 aromatic carbocycles. The summed E-state index contributed by atoms with van der Waals surface area (Å²) in [7, 11) is 0. The summed E-state index contributed by atoms with van der Waals surface area (Å²) in [4.78, 5) is 37.0. The SMILES string of the molecule is CC(C)[C@](C)(C(=O)O)N1C(=O)c2ccccc2C1=O. The number of hydrogen-bond acceptors (Lipinski definition) is 3. The Morgan fingerprint density at radius 1 is 1.16 bits per heavy atom. The standard InChI is InChI=1S/C14H15NO4/c1-8(2)14(3,13(18)19)15-11(16)9-6-4-5-7-10(9)12(15)17/h4-8H,1-3H3,(H,18,19)/t14-/m1/s1. The Morgan fingerprint density at radius 3 is 1.89 bits per heavy atom. The molecule has 1 N–H and O–H groups in total. The van der Waals surface area contributed by atoms with Gasteiger partial charge < -0.3 is 5.11 Å². The highest BCUT2D eigenvalue weighted by Gasteiger charge is 2.52. The first-order chi connectivity index (χ1) is 8.81. The molecule has 1 heterocycles. The molecule has 0 radical (unpaired) electrons. The first-order valence-electron chi connectivity index (χ1n) is 6.03. The molecule has 0 unspecified atom stereocenters. The average Bonchev–Trinajstić information content (AvgIpc) is 2.61. The summed E-state index contributed by atoms with van der Waals surface area (Å²) in [6.07, 6.45) is 0. The van der Waals surface area contributed by atoms with E-state index in [0.29, 0.717) is 0 Å². The molecule has 0 saturated carbocycles. The number of nitrogens with zero attached hydrogens (tertiary/aromatic N) is 1. The van der Waals surface area contributed by atoms with Gasteiger partial charge in [-0.25, -0.2) is 4.79 Å². The maximum atomic E-state index is 12.3. The molecule has 0 saturated heterocycles. The largest absolute Gasteiger partial charge is 0.479 e. The quantitative estimate of drug-likeness (QED) is 0.841. The minimum Gasteiger partial charge on any atom is -0.479 e. The van der Waals surface area contributed by atoms with Crippen LogP contribution in [0, 0.1) is 5.92 Å². The van der Waals surface area contributed by atoms with Gasteiger partial charge in [0.25, 0.3) is 11.8 Å². The van der Waals surface area contributed by atoms with Crippen LogP contribution in [0.25, 0.3) is 0 Å². The van der Waals surface area contributed by atoms with E-state index in [4.69, 9.17) is 0 Å². The average molecular weight is 261 g/mol. The number of benzene rings is 1. The van der Waals surface area contributed by atoms with Gasteiger partial charge in [0.15, 0.2) is 0 Å². The second-order valence-corrected chi connectivity index (χ2v) is 5.10. The molecule has 1 aliphatic heterocycles. The molecule has 2 amide bonds. The fourth-order valence-electron chi connectivity index (χ4n) is 2.21. The van der Waals surface area contributed by atoms with Gasteiger partial charge in [0, 0.05) is 0 Å². The molecule has 1 aliphatic rings. The number of hydrogen-bond donors (Lipinski definition) is 1. The van der Waals surface area contributed by atoms with Crippen LogP contribution in [0.1, 0.15) is 41.5 Å². The Bertz CT molecular complexity index is 544. The molecule has 5 nitrogen and oxygen atoms in total. The van der Waals surface area contributed by atoms with Crippen molar-refractivity contribution in [3.8, 4) is 0 Å². The molecule has 2 rings (SSSR count). The number of imide groups is 1. The number of aliphatic carboxylic acids is 1. The molecule has 0 bridgehead atoms. The lowest BCUT2D eigenvalue weighted by Crippen LogP contribution is -2.58. The van der Waals surface area contributed by atoms with Gasteiger partial charge in [0.05, 0.1) is 11.1 Å². The van der Waals surface area contributed by atoms with E-state index in [-0.39, 0.29) is 11.1 Å². The minimum absolute atomic E-state index is 0.264. The molecule has 0 spiro atoms. The molecule has 1 aromatic rings. The van der Waals surface area contributed by atoms with Crippen LogP contribution < -0.4 is 0 Å². The van der Waals surface area contributed by atoms with Gasteiger partial charge in [-0.1, -0.05) is 26.0 Å². The van der Waals surface area contributed by atoms with Crippen LogP contribution in [0.2, 0.25) is 0 Å². The second-order valence-electron chi connectivity index (χ2n) is 5.10. The van der Waals surface area contributed by atoms with Crippen LogP contribution in [0.4, 0.5) is 0 Å². The highest BCUT2D eigenvalue weighted by Crippen LogP contribution is 2.33. The van der Waals surface area contributed by atoms with Gasteiger partial charge in [0.2, 0.25) is 0 Å². The van der Waals surface area contributed by atoms with E-state index in [2.05, 4.69) is 0 Å². The first kappa shape index (κ1) is 13.3. The summed E-state index contributed by atoms with van der Waals surface area (Å²) in [5.74, 6) is -2.66. The van der Waals surface area contributed by atoms with E-state index in [1.54, 1.807) is 26.0 Å². The monoisotopic (exact) mass is 261 g/mol. The second kappa shape index (κ2) is 4.19. The molecule has 19 heavy (non-hydrogen) atoms. The van der Waals surface area contributed by atoms with Crippen molar-refractivity contribution >= 4 is 17.8 Å². The summed E-state index contributed by atoms with van der Waals surface area (Å²) < 4.78 is 0. The van der Waals surface area contributed by atoms with Crippen LogP contribution >= 0.6 is 0 Å². The van der Waals surface area contributed by atoms with Crippen molar-refractivity contribution in [1.82, 2.24) is 4.90 Å². The van der Waals surface area contributed by atoms with Crippen molar-refractivity contribution in [3.63, 3.8) is 0 Å². The van der Waals surface area contributed by atoms with Crippen molar-refractivity contribution in [3.05, 3.63) is 35.4 Å². The topological polar surface area (TPSA) is 74.7 Å². The van der Waals surface area contributed by atoms with Gasteiger partial charge in [0.1, 0.15) is 5.54 Å². The third kappa shape index (κ3) is 1.65. The third-order valence-corrected chi connectivity index (χ3v) is 3.82. The molecular weight excluding hydrogens is 246 g/mol. The first-order valence-corrected chi connectivity index (χ1v) is 6.03. The lowest BCUT2D eigenvalue weighted by Gasteiger charge is -2.36. The predicted molar refractivity (Wildman–Crippen MR) is 67.8 cm³/mol. The van der Waals surface area contributed by atoms with Crippen LogP contribution in [0.3, 0.4) is 0 Å². The van der Waals surface area contributed by atoms with Crippen molar-refractivity contribution in [1.29, 1.82) is 0 Å². The smallest absolute Gasteiger partial charge is 0.330 e. The number of fused-ring (bicyclic) bond motifs is 1. The van der Waals surface area contributed by atoms with Gasteiger partial charge >= 0.3 is 5.97 Å². The van der Waals surface area contributed by atoms with Gasteiger partial charge in [-0.2, -0.15) is 0 Å². The van der Waals surface area contributed by atoms with E-state index in [9.17, 15) is 19.5 Å². The predicted octanol–water partition coefficient (Wildman–Crippen LogP) is 1.78. The maximum Gasteiger partial charge on any atom is 0.330 e. The van der Waals surface area contributed by atoms with Crippen LogP contribution in [0.15, 0.2) is 24.3 Å². The Labute approximate surface area is 110 Å². The number of carboxylic acid groups (broad SMARTS) is 1. The van der Waals surface area contributed by atoms with E-state index < -0.39 is 29.2 Å². The Morgan fingerprint density at radius 2 is 1.58 bits per heavy atom. The Hall–Kier alpha value is -2.17. The molecule has 1 atom stereocenters.